The average molecular weight is 255 g/mol. The zero-order valence-corrected chi connectivity index (χ0v) is 10.9. The molecule has 0 saturated carbocycles. The molecular formula is C16H17NO2. The summed E-state index contributed by atoms with van der Waals surface area (Å²) in [5.74, 6) is 0.256. The quantitative estimate of drug-likeness (QED) is 0.893. The highest BCUT2D eigenvalue weighted by molar-refractivity contribution is 5.85. The molecule has 0 bridgehead atoms. The van der Waals surface area contributed by atoms with Gasteiger partial charge in [0.15, 0.2) is 5.78 Å². The molecule has 0 aliphatic rings. The van der Waals surface area contributed by atoms with Crippen LogP contribution in [0.1, 0.15) is 5.56 Å². The topological polar surface area (TPSA) is 40.5 Å². The maximum atomic E-state index is 12.0. The van der Waals surface area contributed by atoms with Gasteiger partial charge in [-0.25, -0.2) is 0 Å². The van der Waals surface area contributed by atoms with Gasteiger partial charge in [-0.05, 0) is 18.2 Å². The largest absolute Gasteiger partial charge is 0.508 e. The highest BCUT2D eigenvalue weighted by Crippen LogP contribution is 2.17. The molecule has 1 N–H and O–H groups in total. The number of benzene rings is 2. The van der Waals surface area contributed by atoms with Gasteiger partial charge in [-0.3, -0.25) is 4.79 Å². The van der Waals surface area contributed by atoms with E-state index in [2.05, 4.69) is 0 Å². The van der Waals surface area contributed by atoms with Gasteiger partial charge in [0, 0.05) is 24.7 Å². The molecule has 0 aliphatic carbocycles. The first-order valence-electron chi connectivity index (χ1n) is 6.21. The van der Waals surface area contributed by atoms with E-state index in [1.807, 2.05) is 48.3 Å². The third-order valence-electron chi connectivity index (χ3n) is 2.99. The third-order valence-corrected chi connectivity index (χ3v) is 2.99. The second kappa shape index (κ2) is 6.05. The first kappa shape index (κ1) is 13.1. The Bertz CT molecular complexity index is 552. The fourth-order valence-electron chi connectivity index (χ4n) is 1.97. The van der Waals surface area contributed by atoms with E-state index in [-0.39, 0.29) is 18.0 Å². The van der Waals surface area contributed by atoms with Crippen LogP contribution in [0.25, 0.3) is 0 Å². The highest BCUT2D eigenvalue weighted by Gasteiger charge is 2.10. The van der Waals surface area contributed by atoms with E-state index >= 15 is 0 Å². The molecule has 0 atom stereocenters. The molecule has 0 aromatic heterocycles. The molecule has 19 heavy (non-hydrogen) atoms. The van der Waals surface area contributed by atoms with Crippen molar-refractivity contribution >= 4 is 11.5 Å². The molecule has 3 heteroatoms. The zero-order valence-electron chi connectivity index (χ0n) is 10.9. The van der Waals surface area contributed by atoms with Crippen LogP contribution in [-0.2, 0) is 11.2 Å². The lowest BCUT2D eigenvalue weighted by Crippen LogP contribution is -2.26. The van der Waals surface area contributed by atoms with Crippen molar-refractivity contribution in [3.8, 4) is 5.75 Å². The molecule has 0 aliphatic heterocycles. The Morgan fingerprint density at radius 1 is 1.05 bits per heavy atom. The number of rotatable bonds is 5. The average Bonchev–Trinajstić information content (AvgIpc) is 2.42. The van der Waals surface area contributed by atoms with Crippen LogP contribution < -0.4 is 4.90 Å². The van der Waals surface area contributed by atoms with Crippen LogP contribution in [-0.4, -0.2) is 24.5 Å². The third kappa shape index (κ3) is 3.58. The number of carbonyl (C=O) groups is 1. The first-order chi connectivity index (χ1) is 9.16. The number of phenols is 1. The maximum absolute atomic E-state index is 12.0. The van der Waals surface area contributed by atoms with Crippen LogP contribution in [0.3, 0.4) is 0 Å². The second-order valence-corrected chi connectivity index (χ2v) is 4.54. The fourth-order valence-corrected chi connectivity index (χ4v) is 1.97. The van der Waals surface area contributed by atoms with Crippen LogP contribution in [0.15, 0.2) is 54.6 Å². The first-order valence-corrected chi connectivity index (χ1v) is 6.21. The van der Waals surface area contributed by atoms with Gasteiger partial charge in [-0.2, -0.15) is 0 Å². The number of Topliss-reactive ketones (excluding diaryl/α,β-unsaturated/α-hetero) is 1. The summed E-state index contributed by atoms with van der Waals surface area (Å²) in [7, 11) is 1.89. The number of hydrogen-bond acceptors (Lipinski definition) is 3. The number of phenolic OH excluding ortho intramolecular Hbond substituents is 1. The van der Waals surface area contributed by atoms with Crippen molar-refractivity contribution in [2.24, 2.45) is 0 Å². The maximum Gasteiger partial charge on any atom is 0.156 e. The van der Waals surface area contributed by atoms with Crippen molar-refractivity contribution in [1.82, 2.24) is 0 Å². The van der Waals surface area contributed by atoms with Crippen LogP contribution in [0, 0.1) is 0 Å². The van der Waals surface area contributed by atoms with Gasteiger partial charge >= 0.3 is 0 Å². The van der Waals surface area contributed by atoms with Crippen molar-refractivity contribution in [2.45, 2.75) is 6.42 Å². The molecule has 2 aromatic rings. The molecule has 0 saturated heterocycles. The van der Waals surface area contributed by atoms with Crippen molar-refractivity contribution in [1.29, 1.82) is 0 Å². The minimum Gasteiger partial charge on any atom is -0.508 e. The van der Waals surface area contributed by atoms with E-state index in [4.69, 9.17) is 0 Å². The van der Waals surface area contributed by atoms with E-state index in [1.54, 1.807) is 18.2 Å². The van der Waals surface area contributed by atoms with Crippen LogP contribution in [0.4, 0.5) is 5.69 Å². The molecule has 0 radical (unpaired) electrons. The number of carbonyl (C=O) groups excluding carboxylic acids is 1. The second-order valence-electron chi connectivity index (χ2n) is 4.54. The SMILES string of the molecule is CN(CC(=O)Cc1ccccc1O)c1ccccc1. The summed E-state index contributed by atoms with van der Waals surface area (Å²) >= 11 is 0. The highest BCUT2D eigenvalue weighted by atomic mass is 16.3. The van der Waals surface area contributed by atoms with E-state index in [9.17, 15) is 9.90 Å². The Morgan fingerprint density at radius 3 is 2.37 bits per heavy atom. The molecule has 0 spiro atoms. The zero-order chi connectivity index (χ0) is 13.7. The van der Waals surface area contributed by atoms with Gasteiger partial charge in [-0.15, -0.1) is 0 Å². The number of hydrogen-bond donors (Lipinski definition) is 1. The van der Waals surface area contributed by atoms with E-state index in [1.165, 1.54) is 0 Å². The van der Waals surface area contributed by atoms with Crippen molar-refractivity contribution in [3.05, 3.63) is 60.2 Å². The molecule has 0 fully saturated rings. The monoisotopic (exact) mass is 255 g/mol. The lowest BCUT2D eigenvalue weighted by Gasteiger charge is -2.18. The summed E-state index contributed by atoms with van der Waals surface area (Å²) < 4.78 is 0. The molecule has 0 amide bonds. The summed E-state index contributed by atoms with van der Waals surface area (Å²) in [6.45, 7) is 0.332. The van der Waals surface area contributed by atoms with Crippen LogP contribution in [0.2, 0.25) is 0 Å². The Morgan fingerprint density at radius 2 is 1.68 bits per heavy atom. The minimum absolute atomic E-state index is 0.0767. The lowest BCUT2D eigenvalue weighted by molar-refractivity contribution is -0.117. The number of para-hydroxylation sites is 2. The fraction of sp³-hybridized carbons (Fsp3) is 0.188. The smallest absolute Gasteiger partial charge is 0.156 e. The van der Waals surface area contributed by atoms with Gasteiger partial charge in [0.25, 0.3) is 0 Å². The Hall–Kier alpha value is -2.29. The summed E-state index contributed by atoms with van der Waals surface area (Å²) in [5, 5.41) is 9.64. The Kier molecular flexibility index (Phi) is 4.18. The molecule has 2 aromatic carbocycles. The molecule has 0 unspecified atom stereocenters. The molecule has 2 rings (SSSR count). The van der Waals surface area contributed by atoms with Crippen molar-refractivity contribution < 1.29 is 9.90 Å². The minimum atomic E-state index is 0.0767. The summed E-state index contributed by atoms with van der Waals surface area (Å²) in [5.41, 5.74) is 1.68. The summed E-state index contributed by atoms with van der Waals surface area (Å²) in [6.07, 6.45) is 0.254. The number of anilines is 1. The Labute approximate surface area is 113 Å². The van der Waals surface area contributed by atoms with Gasteiger partial charge < -0.3 is 10.0 Å². The number of nitrogens with zero attached hydrogens (tertiary/aromatic N) is 1. The van der Waals surface area contributed by atoms with Gasteiger partial charge in [0.2, 0.25) is 0 Å². The van der Waals surface area contributed by atoms with Crippen LogP contribution >= 0.6 is 0 Å². The van der Waals surface area contributed by atoms with Crippen molar-refractivity contribution in [3.63, 3.8) is 0 Å². The summed E-state index contributed by atoms with van der Waals surface area (Å²) in [6, 6.07) is 16.7. The van der Waals surface area contributed by atoms with Gasteiger partial charge in [-0.1, -0.05) is 36.4 Å². The number of ketones is 1. The number of likely N-dealkylation sites (N-methyl/N-ethyl adjacent to an activating group) is 1. The predicted molar refractivity (Wildman–Crippen MR) is 76.5 cm³/mol. The van der Waals surface area contributed by atoms with Crippen LogP contribution in [0.5, 0.6) is 5.75 Å². The summed E-state index contributed by atoms with van der Waals surface area (Å²) in [4.78, 5) is 13.9. The lowest BCUT2D eigenvalue weighted by atomic mass is 10.1. The predicted octanol–water partition coefficient (Wildman–Crippen LogP) is 2.64. The van der Waals surface area contributed by atoms with E-state index < -0.39 is 0 Å². The van der Waals surface area contributed by atoms with Gasteiger partial charge in [0.1, 0.15) is 5.75 Å². The van der Waals surface area contributed by atoms with Crippen molar-refractivity contribution in [2.75, 3.05) is 18.5 Å². The van der Waals surface area contributed by atoms with Gasteiger partial charge in [0.05, 0.1) is 6.54 Å². The molecule has 98 valence electrons. The number of aromatic hydroxyl groups is 1. The standard InChI is InChI=1S/C16H17NO2/c1-17(14-8-3-2-4-9-14)12-15(18)11-13-7-5-6-10-16(13)19/h2-10,19H,11-12H2,1H3. The Balaban J connectivity index is 1.97. The molecule has 0 heterocycles. The molecular weight excluding hydrogens is 238 g/mol. The van der Waals surface area contributed by atoms with E-state index in [0.717, 1.165) is 5.69 Å². The molecule has 3 nitrogen and oxygen atoms in total. The van der Waals surface area contributed by atoms with E-state index in [0.29, 0.717) is 12.1 Å². The normalized spacial score (nSPS) is 10.2.